The van der Waals surface area contributed by atoms with Gasteiger partial charge in [-0.05, 0) is 123 Å². The minimum absolute atomic E-state index is 0.122. The minimum atomic E-state index is -0.137. The number of benzene rings is 3. The number of nitrogens with one attached hydrogen (secondary N) is 1. The first kappa shape index (κ1) is 29.8. The molecule has 3 aromatic carbocycles. The first-order valence-electron chi connectivity index (χ1n) is 15.5. The van der Waals surface area contributed by atoms with Crippen LogP contribution in [0.4, 0.5) is 11.4 Å². The van der Waals surface area contributed by atoms with Crippen molar-refractivity contribution in [2.75, 3.05) is 43.2 Å². The molecule has 8 nitrogen and oxygen atoms in total. The normalized spacial score (nSPS) is 18.0. The number of morpholine rings is 1. The molecule has 2 aliphatic rings. The molecule has 2 fully saturated rings. The molecule has 234 valence electrons. The number of anilines is 2. The fourth-order valence-electron chi connectivity index (χ4n) is 6.52. The van der Waals surface area contributed by atoms with Gasteiger partial charge in [-0.15, -0.1) is 0 Å². The second-order valence-corrected chi connectivity index (χ2v) is 11.9. The van der Waals surface area contributed by atoms with E-state index in [1.165, 1.54) is 16.9 Å². The largest absolute Gasteiger partial charge is 0.497 e. The summed E-state index contributed by atoms with van der Waals surface area (Å²) in [6.07, 6.45) is 1.84. The van der Waals surface area contributed by atoms with Crippen LogP contribution >= 0.6 is 12.2 Å². The fraction of sp³-hybridized carbons (Fsp3) is 0.243. The molecule has 0 spiro atoms. The van der Waals surface area contributed by atoms with Crippen molar-refractivity contribution in [2.45, 2.75) is 25.9 Å². The Morgan fingerprint density at radius 1 is 0.804 bits per heavy atom. The number of aromatic nitrogens is 2. The highest BCUT2D eigenvalue weighted by atomic mass is 32.1. The van der Waals surface area contributed by atoms with Crippen LogP contribution in [0, 0.1) is 13.8 Å². The average Bonchev–Trinajstić information content (AvgIpc) is 3.60. The van der Waals surface area contributed by atoms with Crippen LogP contribution in [-0.2, 0) is 4.74 Å². The molecule has 46 heavy (non-hydrogen) atoms. The number of pyridine rings is 1. The van der Waals surface area contributed by atoms with Crippen molar-refractivity contribution in [3.8, 4) is 22.9 Å². The first-order valence-corrected chi connectivity index (χ1v) is 16.0. The number of methoxy groups -OCH3 is 1. The van der Waals surface area contributed by atoms with E-state index in [9.17, 15) is 0 Å². The minimum Gasteiger partial charge on any atom is -0.497 e. The summed E-state index contributed by atoms with van der Waals surface area (Å²) in [6.45, 7) is 7.73. The zero-order valence-electron chi connectivity index (χ0n) is 26.2. The van der Waals surface area contributed by atoms with Gasteiger partial charge >= 0.3 is 0 Å². The quantitative estimate of drug-likeness (QED) is 0.179. The Labute approximate surface area is 275 Å². The second kappa shape index (κ2) is 12.9. The van der Waals surface area contributed by atoms with Gasteiger partial charge in [-0.25, -0.2) is 0 Å². The summed E-state index contributed by atoms with van der Waals surface area (Å²) < 4.78 is 19.3. The van der Waals surface area contributed by atoms with E-state index in [0.29, 0.717) is 5.11 Å². The third kappa shape index (κ3) is 5.79. The smallest absolute Gasteiger partial charge is 0.174 e. The van der Waals surface area contributed by atoms with Gasteiger partial charge in [0.1, 0.15) is 17.2 Å². The predicted octanol–water partition coefficient (Wildman–Crippen LogP) is 7.30. The highest BCUT2D eigenvalue weighted by molar-refractivity contribution is 7.80. The molecule has 0 unspecified atom stereocenters. The highest BCUT2D eigenvalue weighted by Crippen LogP contribution is 2.44. The van der Waals surface area contributed by atoms with Crippen molar-refractivity contribution in [2.24, 2.45) is 0 Å². The van der Waals surface area contributed by atoms with Crippen LogP contribution in [0.1, 0.15) is 34.7 Å². The van der Waals surface area contributed by atoms with Crippen molar-refractivity contribution in [1.29, 1.82) is 0 Å². The highest BCUT2D eigenvalue weighted by Gasteiger charge is 2.42. The van der Waals surface area contributed by atoms with Crippen molar-refractivity contribution in [1.82, 2.24) is 14.9 Å². The molecule has 4 heterocycles. The summed E-state index contributed by atoms with van der Waals surface area (Å²) in [4.78, 5) is 9.33. The number of rotatable bonds is 8. The van der Waals surface area contributed by atoms with E-state index in [2.05, 4.69) is 82.1 Å². The SMILES string of the molecule is COc1ccc(Oc2ccc(N3C(=S)N[C@H](c4ccccn4)[C@@H]3c3cc(C)n(-c4ccc(N5CCOCC5)cc4)c3C)cc2)cc1. The molecule has 7 rings (SSSR count). The van der Waals surface area contributed by atoms with E-state index in [1.54, 1.807) is 7.11 Å². The number of nitrogens with zero attached hydrogens (tertiary/aromatic N) is 4. The van der Waals surface area contributed by atoms with E-state index in [-0.39, 0.29) is 12.1 Å². The topological polar surface area (TPSA) is 64.0 Å². The van der Waals surface area contributed by atoms with Crippen molar-refractivity contribution >= 4 is 28.7 Å². The lowest BCUT2D eigenvalue weighted by Gasteiger charge is -2.29. The molecule has 2 atom stereocenters. The fourth-order valence-corrected chi connectivity index (χ4v) is 6.87. The standard InChI is InChI=1S/C37H37N5O3S/c1-25-24-33(26(2)41(25)28-9-7-27(8-10-28)40-20-22-44-23-21-40)36-35(34-6-4-5-19-38-34)39-37(46)42(36)29-11-13-31(14-12-29)45-32-17-15-30(43-3)16-18-32/h4-19,24,35-36H,20-23H2,1-3H3,(H,39,46)/t35-,36+/m1/s1. The molecule has 1 N–H and O–H groups in total. The van der Waals surface area contributed by atoms with Crippen molar-refractivity contribution in [3.63, 3.8) is 0 Å². The van der Waals surface area contributed by atoms with Gasteiger partial charge in [0.05, 0.1) is 38.1 Å². The van der Waals surface area contributed by atoms with Crippen LogP contribution in [-0.4, -0.2) is 48.1 Å². The van der Waals surface area contributed by atoms with Gasteiger partial charge in [-0.1, -0.05) is 6.07 Å². The molecular weight excluding hydrogens is 595 g/mol. The lowest BCUT2D eigenvalue weighted by molar-refractivity contribution is 0.122. The van der Waals surface area contributed by atoms with Gasteiger partial charge in [0, 0.05) is 47.7 Å². The van der Waals surface area contributed by atoms with E-state index in [0.717, 1.165) is 66.3 Å². The van der Waals surface area contributed by atoms with E-state index < -0.39 is 0 Å². The van der Waals surface area contributed by atoms with Gasteiger partial charge in [0.25, 0.3) is 0 Å². The summed E-state index contributed by atoms with van der Waals surface area (Å²) >= 11 is 6.01. The number of aryl methyl sites for hydroxylation is 1. The molecule has 2 aliphatic heterocycles. The second-order valence-electron chi connectivity index (χ2n) is 11.5. The number of thiocarbonyl (C=S) groups is 1. The molecule has 2 saturated heterocycles. The van der Waals surface area contributed by atoms with Crippen LogP contribution in [0.25, 0.3) is 5.69 Å². The molecule has 0 aliphatic carbocycles. The maximum absolute atomic E-state index is 6.11. The zero-order chi connectivity index (χ0) is 31.6. The van der Waals surface area contributed by atoms with Crippen molar-refractivity contribution in [3.05, 3.63) is 126 Å². The Morgan fingerprint density at radius 2 is 1.43 bits per heavy atom. The third-order valence-electron chi connectivity index (χ3n) is 8.78. The number of hydrogen-bond donors (Lipinski definition) is 1. The summed E-state index contributed by atoms with van der Waals surface area (Å²) in [5, 5.41) is 4.26. The van der Waals surface area contributed by atoms with Gasteiger partial charge in [0.2, 0.25) is 0 Å². The van der Waals surface area contributed by atoms with Crippen LogP contribution in [0.15, 0.2) is 103 Å². The van der Waals surface area contributed by atoms with Gasteiger partial charge in [-0.2, -0.15) is 0 Å². The van der Waals surface area contributed by atoms with Crippen molar-refractivity contribution < 1.29 is 14.2 Å². The Bertz CT molecular complexity index is 1800. The molecule has 0 bridgehead atoms. The Balaban J connectivity index is 1.22. The van der Waals surface area contributed by atoms with E-state index in [1.807, 2.05) is 54.7 Å². The van der Waals surface area contributed by atoms with E-state index in [4.69, 9.17) is 31.4 Å². The van der Waals surface area contributed by atoms with Gasteiger partial charge in [-0.3, -0.25) is 4.98 Å². The zero-order valence-corrected chi connectivity index (χ0v) is 27.0. The number of hydrogen-bond acceptors (Lipinski definition) is 6. The molecule has 0 amide bonds. The van der Waals surface area contributed by atoms with Gasteiger partial charge < -0.3 is 33.9 Å². The molecular formula is C37H37N5O3S. The van der Waals surface area contributed by atoms with Crippen LogP contribution in [0.2, 0.25) is 0 Å². The maximum Gasteiger partial charge on any atom is 0.174 e. The Kier molecular flexibility index (Phi) is 8.34. The molecule has 5 aromatic rings. The summed E-state index contributed by atoms with van der Waals surface area (Å²) in [6, 6.07) is 32.5. The molecule has 2 aromatic heterocycles. The van der Waals surface area contributed by atoms with Crippen LogP contribution < -0.4 is 24.6 Å². The van der Waals surface area contributed by atoms with Gasteiger partial charge in [0.15, 0.2) is 5.11 Å². The first-order chi connectivity index (χ1) is 22.5. The molecule has 0 saturated carbocycles. The average molecular weight is 632 g/mol. The molecule has 9 heteroatoms. The Morgan fingerprint density at radius 3 is 2.09 bits per heavy atom. The number of ether oxygens (including phenoxy) is 3. The Hall–Kier alpha value is -4.86. The summed E-state index contributed by atoms with van der Waals surface area (Å²) in [5.41, 5.74) is 7.79. The third-order valence-corrected chi connectivity index (χ3v) is 9.10. The maximum atomic E-state index is 6.11. The summed E-state index contributed by atoms with van der Waals surface area (Å²) in [5.74, 6) is 2.27. The molecule has 0 radical (unpaired) electrons. The lowest BCUT2D eigenvalue weighted by atomic mass is 9.96. The van der Waals surface area contributed by atoms with E-state index >= 15 is 0 Å². The monoisotopic (exact) mass is 631 g/mol. The summed E-state index contributed by atoms with van der Waals surface area (Å²) in [7, 11) is 1.65. The van der Waals surface area contributed by atoms with Crippen LogP contribution in [0.3, 0.4) is 0 Å². The van der Waals surface area contributed by atoms with Crippen LogP contribution in [0.5, 0.6) is 17.2 Å². The lowest BCUT2D eigenvalue weighted by Crippen LogP contribution is -2.36. The predicted molar refractivity (Wildman–Crippen MR) is 186 cm³/mol.